The highest BCUT2D eigenvalue weighted by molar-refractivity contribution is 5.49. The molecule has 1 rings (SSSR count). The Morgan fingerprint density at radius 1 is 1.31 bits per heavy atom. The van der Waals surface area contributed by atoms with Crippen LogP contribution in [0, 0.1) is 6.92 Å². The van der Waals surface area contributed by atoms with Crippen LogP contribution in [0.5, 0.6) is 0 Å². The van der Waals surface area contributed by atoms with Crippen LogP contribution < -0.4 is 0 Å². The van der Waals surface area contributed by atoms with Crippen LogP contribution in [0.4, 0.5) is 13.2 Å². The van der Waals surface area contributed by atoms with Crippen molar-refractivity contribution >= 4 is 5.70 Å². The van der Waals surface area contributed by atoms with Gasteiger partial charge in [-0.1, -0.05) is 12.2 Å². The normalized spacial score (nSPS) is 13.0. The number of allylic oxidation sites excluding steroid dienone is 3. The summed E-state index contributed by atoms with van der Waals surface area (Å²) in [5.41, 5.74) is 1.06. The smallest absolute Gasteiger partial charge is 0.280 e. The zero-order chi connectivity index (χ0) is 12.5. The summed E-state index contributed by atoms with van der Waals surface area (Å²) in [5, 5.41) is 6.57. The Kier molecular flexibility index (Phi) is 3.21. The van der Waals surface area contributed by atoms with E-state index >= 15 is 0 Å². The van der Waals surface area contributed by atoms with Gasteiger partial charge in [0.25, 0.3) is 0 Å². The number of rotatable bonds is 2. The van der Waals surface area contributed by atoms with E-state index in [1.54, 1.807) is 19.9 Å². The third kappa shape index (κ3) is 2.50. The highest BCUT2D eigenvalue weighted by Gasteiger charge is 2.38. The summed E-state index contributed by atoms with van der Waals surface area (Å²) < 4.78 is 38.7. The minimum atomic E-state index is -4.51. The topological polar surface area (TPSA) is 30.7 Å². The van der Waals surface area contributed by atoms with Gasteiger partial charge in [0.1, 0.15) is 5.82 Å². The van der Waals surface area contributed by atoms with Crippen LogP contribution in [0.15, 0.2) is 18.2 Å². The number of halogens is 3. The predicted octanol–water partition coefficient (Wildman–Crippen LogP) is 3.04. The standard InChI is InChI=1S/C10H12F3N3/c1-6(2)5-7(3)16-8(4)14-15-9(16)10(11,12)13/h5H,1H2,2-4H3/b7-5+. The molecule has 0 fully saturated rings. The van der Waals surface area contributed by atoms with Crippen LogP contribution in [0.1, 0.15) is 25.5 Å². The maximum absolute atomic E-state index is 12.6. The van der Waals surface area contributed by atoms with Crippen LogP contribution >= 0.6 is 0 Å². The van der Waals surface area contributed by atoms with Crippen LogP contribution in [-0.4, -0.2) is 14.8 Å². The first-order chi connectivity index (χ1) is 7.23. The quantitative estimate of drug-likeness (QED) is 0.732. The second kappa shape index (κ2) is 4.11. The van der Waals surface area contributed by atoms with Gasteiger partial charge in [0.05, 0.1) is 0 Å². The molecule has 0 aliphatic rings. The summed E-state index contributed by atoms with van der Waals surface area (Å²) in [4.78, 5) is 0. The molecule has 0 unspecified atom stereocenters. The van der Waals surface area contributed by atoms with Gasteiger partial charge in [-0.05, 0) is 26.8 Å². The van der Waals surface area contributed by atoms with Gasteiger partial charge in [0.2, 0.25) is 5.82 Å². The second-order valence-corrected chi connectivity index (χ2v) is 3.54. The van der Waals surface area contributed by atoms with Crippen molar-refractivity contribution in [1.82, 2.24) is 14.8 Å². The fourth-order valence-electron chi connectivity index (χ4n) is 1.39. The lowest BCUT2D eigenvalue weighted by molar-refractivity contribution is -0.146. The van der Waals surface area contributed by atoms with Crippen LogP contribution in [0.25, 0.3) is 5.70 Å². The maximum atomic E-state index is 12.6. The Hall–Kier alpha value is -1.59. The molecule has 0 aromatic carbocycles. The zero-order valence-electron chi connectivity index (χ0n) is 9.26. The Morgan fingerprint density at radius 3 is 2.31 bits per heavy atom. The van der Waals surface area contributed by atoms with Crippen molar-refractivity contribution < 1.29 is 13.2 Å². The minimum absolute atomic E-state index is 0.197. The molecule has 0 aliphatic carbocycles. The third-order valence-electron chi connectivity index (χ3n) is 1.89. The lowest BCUT2D eigenvalue weighted by Crippen LogP contribution is -2.14. The van der Waals surface area contributed by atoms with Gasteiger partial charge in [-0.25, -0.2) is 0 Å². The fourth-order valence-corrected chi connectivity index (χ4v) is 1.39. The van der Waals surface area contributed by atoms with Gasteiger partial charge in [-0.15, -0.1) is 10.2 Å². The SMILES string of the molecule is C=C(C)/C=C(\C)n1c(C)nnc1C(F)(F)F. The molecule has 3 nitrogen and oxygen atoms in total. The van der Waals surface area contributed by atoms with E-state index in [2.05, 4.69) is 16.8 Å². The van der Waals surface area contributed by atoms with Gasteiger partial charge >= 0.3 is 6.18 Å². The second-order valence-electron chi connectivity index (χ2n) is 3.54. The van der Waals surface area contributed by atoms with Crippen LogP contribution in [-0.2, 0) is 6.18 Å². The van der Waals surface area contributed by atoms with Gasteiger partial charge < -0.3 is 0 Å². The lowest BCUT2D eigenvalue weighted by atomic mass is 10.3. The van der Waals surface area contributed by atoms with Crippen molar-refractivity contribution in [2.24, 2.45) is 0 Å². The number of aryl methyl sites for hydroxylation is 1. The van der Waals surface area contributed by atoms with Crippen LogP contribution in [0.2, 0.25) is 0 Å². The summed E-state index contributed by atoms with van der Waals surface area (Å²) in [6, 6.07) is 0. The molecule has 88 valence electrons. The van der Waals surface area contributed by atoms with E-state index in [0.29, 0.717) is 11.3 Å². The molecule has 0 bridgehead atoms. The number of hydrogen-bond donors (Lipinski definition) is 0. The van der Waals surface area contributed by atoms with Gasteiger partial charge in [-0.2, -0.15) is 13.2 Å². The average molecular weight is 231 g/mol. The van der Waals surface area contributed by atoms with Crippen LogP contribution in [0.3, 0.4) is 0 Å². The van der Waals surface area contributed by atoms with E-state index in [-0.39, 0.29) is 5.82 Å². The Bertz CT molecular complexity index is 441. The zero-order valence-corrected chi connectivity index (χ0v) is 9.26. The van der Waals surface area contributed by atoms with Gasteiger partial charge in [0.15, 0.2) is 0 Å². The predicted molar refractivity (Wildman–Crippen MR) is 54.5 cm³/mol. The highest BCUT2D eigenvalue weighted by atomic mass is 19.4. The monoisotopic (exact) mass is 231 g/mol. The molecule has 0 N–H and O–H groups in total. The van der Waals surface area contributed by atoms with E-state index in [4.69, 9.17) is 0 Å². The summed E-state index contributed by atoms with van der Waals surface area (Å²) in [5.74, 6) is -0.817. The molecule has 16 heavy (non-hydrogen) atoms. The van der Waals surface area contributed by atoms with E-state index in [9.17, 15) is 13.2 Å². The van der Waals surface area contributed by atoms with Gasteiger partial charge in [-0.3, -0.25) is 4.57 Å². The summed E-state index contributed by atoms with van der Waals surface area (Å²) >= 11 is 0. The molecule has 0 aliphatic heterocycles. The van der Waals surface area contributed by atoms with Crippen molar-refractivity contribution in [3.05, 3.63) is 29.9 Å². The molecular weight excluding hydrogens is 219 g/mol. The van der Waals surface area contributed by atoms with Crippen molar-refractivity contribution in [2.75, 3.05) is 0 Å². The van der Waals surface area contributed by atoms with E-state index in [1.165, 1.54) is 6.92 Å². The largest absolute Gasteiger partial charge is 0.452 e. The van der Waals surface area contributed by atoms with Crippen molar-refractivity contribution in [2.45, 2.75) is 26.9 Å². The Labute approximate surface area is 91.3 Å². The van der Waals surface area contributed by atoms with E-state index in [1.807, 2.05) is 0 Å². The molecule has 0 radical (unpaired) electrons. The van der Waals surface area contributed by atoms with E-state index < -0.39 is 12.0 Å². The molecule has 1 heterocycles. The van der Waals surface area contributed by atoms with Crippen molar-refractivity contribution in [1.29, 1.82) is 0 Å². The summed E-state index contributed by atoms with van der Waals surface area (Å²) in [7, 11) is 0. The number of alkyl halides is 3. The average Bonchev–Trinajstić information content (AvgIpc) is 2.44. The molecule has 0 atom stereocenters. The first-order valence-corrected chi connectivity index (χ1v) is 4.57. The molecule has 0 saturated heterocycles. The summed E-state index contributed by atoms with van der Waals surface area (Å²) in [6.07, 6.45) is -2.96. The van der Waals surface area contributed by atoms with E-state index in [0.717, 1.165) is 4.57 Å². The Balaban J connectivity index is 3.33. The third-order valence-corrected chi connectivity index (χ3v) is 1.89. The molecule has 1 aromatic heterocycles. The first-order valence-electron chi connectivity index (χ1n) is 4.57. The molecule has 0 spiro atoms. The lowest BCUT2D eigenvalue weighted by Gasteiger charge is -2.11. The Morgan fingerprint density at radius 2 is 1.88 bits per heavy atom. The van der Waals surface area contributed by atoms with Crippen molar-refractivity contribution in [3.63, 3.8) is 0 Å². The molecule has 6 heteroatoms. The minimum Gasteiger partial charge on any atom is -0.280 e. The molecular formula is C10H12F3N3. The number of aromatic nitrogens is 3. The first kappa shape index (κ1) is 12.5. The number of hydrogen-bond acceptors (Lipinski definition) is 2. The fraction of sp³-hybridized carbons (Fsp3) is 0.400. The molecule has 0 saturated carbocycles. The maximum Gasteiger partial charge on any atom is 0.452 e. The molecule has 1 aromatic rings. The number of nitrogens with zero attached hydrogens (tertiary/aromatic N) is 3. The van der Waals surface area contributed by atoms with Gasteiger partial charge in [0, 0.05) is 5.70 Å². The highest BCUT2D eigenvalue weighted by Crippen LogP contribution is 2.29. The molecule has 0 amide bonds. The summed E-state index contributed by atoms with van der Waals surface area (Å²) in [6.45, 7) is 8.35. The van der Waals surface area contributed by atoms with Crippen molar-refractivity contribution in [3.8, 4) is 0 Å².